The van der Waals surface area contributed by atoms with Gasteiger partial charge in [-0.05, 0) is 24.5 Å². The first kappa shape index (κ1) is 11.2. The Labute approximate surface area is 96.2 Å². The van der Waals surface area contributed by atoms with Gasteiger partial charge in [-0.2, -0.15) is 0 Å². The molecule has 1 saturated carbocycles. The van der Waals surface area contributed by atoms with E-state index in [0.29, 0.717) is 5.76 Å². The normalized spacial score (nSPS) is 17.2. The molecule has 1 aliphatic carbocycles. The number of carbonyl (C=O) groups excluding carboxylic acids is 1. The van der Waals surface area contributed by atoms with Gasteiger partial charge in [-0.15, -0.1) is 0 Å². The summed E-state index contributed by atoms with van der Waals surface area (Å²) in [5, 5.41) is 2.90. The van der Waals surface area contributed by atoms with Crippen LogP contribution >= 0.6 is 0 Å². The van der Waals surface area contributed by atoms with Gasteiger partial charge >= 0.3 is 0 Å². The zero-order chi connectivity index (χ0) is 11.2. The van der Waals surface area contributed by atoms with Gasteiger partial charge < -0.3 is 9.73 Å². The largest absolute Gasteiger partial charge is 0.459 e. The Morgan fingerprint density at radius 1 is 1.38 bits per heavy atom. The highest BCUT2D eigenvalue weighted by molar-refractivity contribution is 5.91. The maximum Gasteiger partial charge on any atom is 0.286 e. The Morgan fingerprint density at radius 3 is 2.88 bits per heavy atom. The Balaban J connectivity index is 1.66. The highest BCUT2D eigenvalue weighted by atomic mass is 16.3. The van der Waals surface area contributed by atoms with Crippen LogP contribution in [0.25, 0.3) is 0 Å². The van der Waals surface area contributed by atoms with E-state index in [2.05, 4.69) is 5.32 Å². The molecule has 1 amide bonds. The average molecular weight is 221 g/mol. The lowest BCUT2D eigenvalue weighted by molar-refractivity contribution is 0.0922. The number of hydrogen-bond acceptors (Lipinski definition) is 2. The van der Waals surface area contributed by atoms with Gasteiger partial charge in [-0.1, -0.05) is 32.1 Å². The van der Waals surface area contributed by atoms with Gasteiger partial charge in [0.05, 0.1) is 6.26 Å². The molecule has 1 aromatic rings. The maximum atomic E-state index is 11.5. The van der Waals surface area contributed by atoms with Crippen LogP contribution in [0, 0.1) is 5.92 Å². The lowest BCUT2D eigenvalue weighted by Crippen LogP contribution is -2.26. The molecule has 3 heteroatoms. The summed E-state index contributed by atoms with van der Waals surface area (Å²) in [5.41, 5.74) is 0. The Morgan fingerprint density at radius 2 is 2.19 bits per heavy atom. The highest BCUT2D eigenvalue weighted by Crippen LogP contribution is 2.25. The van der Waals surface area contributed by atoms with E-state index in [-0.39, 0.29) is 5.91 Å². The van der Waals surface area contributed by atoms with E-state index in [9.17, 15) is 4.79 Å². The van der Waals surface area contributed by atoms with Crippen LogP contribution in [-0.4, -0.2) is 12.5 Å². The van der Waals surface area contributed by atoms with E-state index in [1.807, 2.05) is 0 Å². The standard InChI is InChI=1S/C13H19NO2/c15-13(12-7-4-10-16-12)14-9-8-11-5-2-1-3-6-11/h4,7,10-11H,1-3,5-6,8-9H2,(H,14,15). The van der Waals surface area contributed by atoms with Crippen molar-refractivity contribution in [3.05, 3.63) is 24.2 Å². The predicted octanol–water partition coefficient (Wildman–Crippen LogP) is 2.98. The van der Waals surface area contributed by atoms with Gasteiger partial charge in [0.2, 0.25) is 0 Å². The molecular weight excluding hydrogens is 202 g/mol. The molecule has 0 unspecified atom stereocenters. The quantitative estimate of drug-likeness (QED) is 0.849. The minimum atomic E-state index is -0.0965. The fourth-order valence-corrected chi connectivity index (χ4v) is 2.36. The second-order valence-electron chi connectivity index (χ2n) is 4.53. The topological polar surface area (TPSA) is 42.2 Å². The van der Waals surface area contributed by atoms with Crippen molar-refractivity contribution in [1.82, 2.24) is 5.32 Å². The summed E-state index contributed by atoms with van der Waals surface area (Å²) >= 11 is 0. The minimum absolute atomic E-state index is 0.0965. The molecular formula is C13H19NO2. The van der Waals surface area contributed by atoms with Crippen LogP contribution in [-0.2, 0) is 0 Å². The van der Waals surface area contributed by atoms with Crippen LogP contribution in [0.1, 0.15) is 49.1 Å². The van der Waals surface area contributed by atoms with Gasteiger partial charge in [0, 0.05) is 6.54 Å². The fourth-order valence-electron chi connectivity index (χ4n) is 2.36. The summed E-state index contributed by atoms with van der Waals surface area (Å²) in [6.07, 6.45) is 9.39. The van der Waals surface area contributed by atoms with E-state index in [0.717, 1.165) is 18.9 Å². The fraction of sp³-hybridized carbons (Fsp3) is 0.615. The summed E-state index contributed by atoms with van der Waals surface area (Å²) in [6.45, 7) is 0.768. The van der Waals surface area contributed by atoms with Crippen molar-refractivity contribution in [3.63, 3.8) is 0 Å². The van der Waals surface area contributed by atoms with E-state index >= 15 is 0 Å². The second kappa shape index (κ2) is 5.73. The Hall–Kier alpha value is -1.25. The molecule has 1 N–H and O–H groups in total. The minimum Gasteiger partial charge on any atom is -0.459 e. The molecule has 2 rings (SSSR count). The predicted molar refractivity (Wildman–Crippen MR) is 62.2 cm³/mol. The lowest BCUT2D eigenvalue weighted by atomic mass is 9.87. The number of rotatable bonds is 4. The van der Waals surface area contributed by atoms with Crippen molar-refractivity contribution in [3.8, 4) is 0 Å². The first-order chi connectivity index (χ1) is 7.86. The lowest BCUT2D eigenvalue weighted by Gasteiger charge is -2.21. The number of furan rings is 1. The van der Waals surface area contributed by atoms with Gasteiger partial charge in [0.15, 0.2) is 5.76 Å². The van der Waals surface area contributed by atoms with Crippen LogP contribution in [0.2, 0.25) is 0 Å². The molecule has 0 bridgehead atoms. The van der Waals surface area contributed by atoms with Gasteiger partial charge in [0.1, 0.15) is 0 Å². The van der Waals surface area contributed by atoms with Crippen molar-refractivity contribution < 1.29 is 9.21 Å². The zero-order valence-corrected chi connectivity index (χ0v) is 9.58. The molecule has 0 saturated heterocycles. The smallest absolute Gasteiger partial charge is 0.286 e. The summed E-state index contributed by atoms with van der Waals surface area (Å²) in [6, 6.07) is 3.42. The van der Waals surface area contributed by atoms with Crippen LogP contribution in [0.15, 0.2) is 22.8 Å². The first-order valence-electron chi connectivity index (χ1n) is 6.18. The molecule has 88 valence electrons. The molecule has 1 heterocycles. The molecule has 1 aromatic heterocycles. The second-order valence-corrected chi connectivity index (χ2v) is 4.53. The SMILES string of the molecule is O=C(NCCC1CCCCC1)c1ccco1. The average Bonchev–Trinajstić information content (AvgIpc) is 2.84. The molecule has 1 aliphatic rings. The Kier molecular flexibility index (Phi) is 4.03. The molecule has 0 aromatic carbocycles. The first-order valence-corrected chi connectivity index (χ1v) is 6.18. The van der Waals surface area contributed by atoms with Crippen LogP contribution in [0.4, 0.5) is 0 Å². The van der Waals surface area contributed by atoms with E-state index in [1.165, 1.54) is 38.4 Å². The number of nitrogens with one attached hydrogen (secondary N) is 1. The van der Waals surface area contributed by atoms with Gasteiger partial charge in [-0.25, -0.2) is 0 Å². The molecule has 16 heavy (non-hydrogen) atoms. The van der Waals surface area contributed by atoms with Crippen LogP contribution in [0.3, 0.4) is 0 Å². The third-order valence-electron chi connectivity index (χ3n) is 3.31. The summed E-state index contributed by atoms with van der Waals surface area (Å²) in [4.78, 5) is 11.5. The summed E-state index contributed by atoms with van der Waals surface area (Å²) in [5.74, 6) is 1.12. The van der Waals surface area contributed by atoms with E-state index < -0.39 is 0 Å². The summed E-state index contributed by atoms with van der Waals surface area (Å²) < 4.78 is 5.03. The van der Waals surface area contributed by atoms with Crippen LogP contribution in [0.5, 0.6) is 0 Å². The van der Waals surface area contributed by atoms with Crippen molar-refractivity contribution in [2.24, 2.45) is 5.92 Å². The third-order valence-corrected chi connectivity index (χ3v) is 3.31. The number of hydrogen-bond donors (Lipinski definition) is 1. The Bertz CT molecular complexity index is 313. The number of carbonyl (C=O) groups is 1. The van der Waals surface area contributed by atoms with E-state index in [4.69, 9.17) is 4.42 Å². The molecule has 0 aliphatic heterocycles. The summed E-state index contributed by atoms with van der Waals surface area (Å²) in [7, 11) is 0. The monoisotopic (exact) mass is 221 g/mol. The molecule has 0 atom stereocenters. The highest BCUT2D eigenvalue weighted by Gasteiger charge is 2.14. The molecule has 3 nitrogen and oxygen atoms in total. The van der Waals surface area contributed by atoms with E-state index in [1.54, 1.807) is 12.1 Å². The van der Waals surface area contributed by atoms with Crippen molar-refractivity contribution in [1.29, 1.82) is 0 Å². The third kappa shape index (κ3) is 3.12. The van der Waals surface area contributed by atoms with Crippen LogP contribution < -0.4 is 5.32 Å². The zero-order valence-electron chi connectivity index (χ0n) is 9.58. The molecule has 0 radical (unpaired) electrons. The maximum absolute atomic E-state index is 11.5. The molecule has 1 fully saturated rings. The van der Waals surface area contributed by atoms with Gasteiger partial charge in [0.25, 0.3) is 5.91 Å². The molecule has 0 spiro atoms. The van der Waals surface area contributed by atoms with Crippen molar-refractivity contribution >= 4 is 5.91 Å². The van der Waals surface area contributed by atoms with Crippen molar-refractivity contribution in [2.75, 3.05) is 6.54 Å². The van der Waals surface area contributed by atoms with Gasteiger partial charge in [-0.3, -0.25) is 4.79 Å². The van der Waals surface area contributed by atoms with Crippen molar-refractivity contribution in [2.45, 2.75) is 38.5 Å². The number of amides is 1.